The van der Waals surface area contributed by atoms with Gasteiger partial charge in [0, 0.05) is 17.7 Å². The van der Waals surface area contributed by atoms with Gasteiger partial charge in [0.1, 0.15) is 17.2 Å². The number of carbonyl (C=O) groups excluding carboxylic acids is 1. The molecule has 0 saturated heterocycles. The predicted octanol–water partition coefficient (Wildman–Crippen LogP) is 4.29. The van der Waals surface area contributed by atoms with Gasteiger partial charge in [0.05, 0.1) is 13.0 Å². The topological polar surface area (TPSA) is 47.6 Å². The Bertz CT molecular complexity index is 922. The SMILES string of the molecule is COc1ccccc1CCNC(=O)C1c2ccccc2Oc2ccccc21. The predicted molar refractivity (Wildman–Crippen MR) is 105 cm³/mol. The molecule has 0 aromatic heterocycles. The second-order valence-electron chi connectivity index (χ2n) is 6.46. The highest BCUT2D eigenvalue weighted by atomic mass is 16.5. The number of methoxy groups -OCH3 is 1. The molecule has 4 nitrogen and oxygen atoms in total. The summed E-state index contributed by atoms with van der Waals surface area (Å²) in [6, 6.07) is 23.3. The van der Waals surface area contributed by atoms with Crippen molar-refractivity contribution >= 4 is 5.91 Å². The van der Waals surface area contributed by atoms with E-state index >= 15 is 0 Å². The van der Waals surface area contributed by atoms with Crippen LogP contribution in [-0.2, 0) is 11.2 Å². The summed E-state index contributed by atoms with van der Waals surface area (Å²) in [7, 11) is 1.66. The molecule has 0 atom stereocenters. The van der Waals surface area contributed by atoms with E-state index in [0.717, 1.165) is 33.9 Å². The molecule has 1 aliphatic rings. The summed E-state index contributed by atoms with van der Waals surface area (Å²) >= 11 is 0. The highest BCUT2D eigenvalue weighted by molar-refractivity contribution is 5.89. The van der Waals surface area contributed by atoms with Gasteiger partial charge in [-0.1, -0.05) is 54.6 Å². The van der Waals surface area contributed by atoms with Crippen molar-refractivity contribution < 1.29 is 14.3 Å². The molecule has 0 bridgehead atoms. The molecule has 0 aliphatic carbocycles. The van der Waals surface area contributed by atoms with Crippen molar-refractivity contribution in [2.24, 2.45) is 0 Å². The summed E-state index contributed by atoms with van der Waals surface area (Å²) in [6.45, 7) is 0.543. The maximum atomic E-state index is 13.1. The van der Waals surface area contributed by atoms with E-state index in [1.54, 1.807) is 7.11 Å². The Morgan fingerprint density at radius 2 is 1.52 bits per heavy atom. The number of rotatable bonds is 5. The lowest BCUT2D eigenvalue weighted by molar-refractivity contribution is -0.121. The monoisotopic (exact) mass is 359 g/mol. The van der Waals surface area contributed by atoms with Gasteiger partial charge in [-0.15, -0.1) is 0 Å². The van der Waals surface area contributed by atoms with Crippen LogP contribution in [0.5, 0.6) is 17.2 Å². The quantitative estimate of drug-likeness (QED) is 0.739. The molecule has 136 valence electrons. The highest BCUT2D eigenvalue weighted by Gasteiger charge is 2.32. The van der Waals surface area contributed by atoms with Gasteiger partial charge in [-0.2, -0.15) is 0 Å². The zero-order chi connectivity index (χ0) is 18.6. The van der Waals surface area contributed by atoms with Gasteiger partial charge in [0.25, 0.3) is 0 Å². The average Bonchev–Trinajstić information content (AvgIpc) is 2.72. The third-order valence-electron chi connectivity index (χ3n) is 4.83. The Hall–Kier alpha value is -3.27. The van der Waals surface area contributed by atoms with Crippen molar-refractivity contribution in [2.45, 2.75) is 12.3 Å². The third kappa shape index (κ3) is 3.38. The van der Waals surface area contributed by atoms with Crippen molar-refractivity contribution in [3.05, 3.63) is 89.5 Å². The van der Waals surface area contributed by atoms with Crippen LogP contribution in [0.3, 0.4) is 0 Å². The lowest BCUT2D eigenvalue weighted by Crippen LogP contribution is -2.33. The fourth-order valence-corrected chi connectivity index (χ4v) is 3.52. The van der Waals surface area contributed by atoms with Gasteiger partial charge >= 0.3 is 0 Å². The van der Waals surface area contributed by atoms with Crippen LogP contribution < -0.4 is 14.8 Å². The lowest BCUT2D eigenvalue weighted by Gasteiger charge is -2.27. The van der Waals surface area contributed by atoms with Crippen LogP contribution in [0.1, 0.15) is 22.6 Å². The maximum absolute atomic E-state index is 13.1. The number of nitrogens with one attached hydrogen (secondary N) is 1. The molecule has 4 heteroatoms. The molecule has 1 aliphatic heterocycles. The van der Waals surface area contributed by atoms with E-state index in [2.05, 4.69) is 5.32 Å². The van der Waals surface area contributed by atoms with Crippen LogP contribution in [0.4, 0.5) is 0 Å². The van der Waals surface area contributed by atoms with Crippen molar-refractivity contribution in [3.63, 3.8) is 0 Å². The normalized spacial score (nSPS) is 12.5. The first-order chi connectivity index (χ1) is 13.3. The van der Waals surface area contributed by atoms with E-state index in [1.807, 2.05) is 72.8 Å². The van der Waals surface area contributed by atoms with Crippen LogP contribution >= 0.6 is 0 Å². The molecule has 0 saturated carbocycles. The standard InChI is InChI=1S/C23H21NO3/c1-26-19-11-5-2-8-16(19)14-15-24-23(25)22-17-9-3-6-12-20(17)27-21-13-7-4-10-18(21)22/h2-13,22H,14-15H2,1H3,(H,24,25). The zero-order valence-corrected chi connectivity index (χ0v) is 15.1. The first-order valence-corrected chi connectivity index (χ1v) is 9.03. The van der Waals surface area contributed by atoms with Crippen LogP contribution in [0.25, 0.3) is 0 Å². The van der Waals surface area contributed by atoms with E-state index in [1.165, 1.54) is 0 Å². The largest absolute Gasteiger partial charge is 0.496 e. The molecule has 1 amide bonds. The molecule has 4 rings (SSSR count). The first-order valence-electron chi connectivity index (χ1n) is 9.03. The lowest BCUT2D eigenvalue weighted by atomic mass is 9.87. The molecular formula is C23H21NO3. The molecule has 0 fully saturated rings. The highest BCUT2D eigenvalue weighted by Crippen LogP contribution is 2.43. The summed E-state index contributed by atoms with van der Waals surface area (Å²) in [6.07, 6.45) is 0.711. The zero-order valence-electron chi connectivity index (χ0n) is 15.1. The van der Waals surface area contributed by atoms with Gasteiger partial charge in [0.2, 0.25) is 5.91 Å². The number of hydrogen-bond acceptors (Lipinski definition) is 3. The van der Waals surface area contributed by atoms with Gasteiger partial charge in [-0.25, -0.2) is 0 Å². The van der Waals surface area contributed by atoms with Gasteiger partial charge < -0.3 is 14.8 Å². The fraction of sp³-hybridized carbons (Fsp3) is 0.174. The minimum absolute atomic E-state index is 0.0203. The smallest absolute Gasteiger partial charge is 0.232 e. The summed E-state index contributed by atoms with van der Waals surface area (Å²) < 4.78 is 11.3. The molecule has 3 aromatic rings. The van der Waals surface area contributed by atoms with Gasteiger partial charge in [0.15, 0.2) is 0 Å². The molecular weight excluding hydrogens is 338 g/mol. The molecule has 27 heavy (non-hydrogen) atoms. The first kappa shape index (κ1) is 17.2. The van der Waals surface area contributed by atoms with E-state index in [0.29, 0.717) is 13.0 Å². The maximum Gasteiger partial charge on any atom is 0.232 e. The summed E-state index contributed by atoms with van der Waals surface area (Å²) in [5.74, 6) is 1.92. The van der Waals surface area contributed by atoms with Crippen molar-refractivity contribution in [1.29, 1.82) is 0 Å². The number of para-hydroxylation sites is 3. The minimum Gasteiger partial charge on any atom is -0.496 e. The molecule has 1 heterocycles. The summed E-state index contributed by atoms with van der Waals surface area (Å²) in [5, 5.41) is 3.08. The van der Waals surface area contributed by atoms with Crippen LogP contribution in [0.2, 0.25) is 0 Å². The number of amides is 1. The molecule has 1 N–H and O–H groups in total. The van der Waals surface area contributed by atoms with Gasteiger partial charge in [-0.05, 0) is 30.2 Å². The minimum atomic E-state index is -0.371. The molecule has 0 radical (unpaired) electrons. The van der Waals surface area contributed by atoms with Crippen molar-refractivity contribution in [2.75, 3.05) is 13.7 Å². The van der Waals surface area contributed by atoms with E-state index in [9.17, 15) is 4.79 Å². The number of ether oxygens (including phenoxy) is 2. The van der Waals surface area contributed by atoms with Crippen LogP contribution in [-0.4, -0.2) is 19.6 Å². The second-order valence-corrected chi connectivity index (χ2v) is 6.46. The second kappa shape index (κ2) is 7.54. The van der Waals surface area contributed by atoms with Crippen molar-refractivity contribution in [1.82, 2.24) is 5.32 Å². The fourth-order valence-electron chi connectivity index (χ4n) is 3.52. The summed E-state index contributed by atoms with van der Waals surface area (Å²) in [5.41, 5.74) is 2.87. The van der Waals surface area contributed by atoms with E-state index < -0.39 is 0 Å². The number of carbonyl (C=O) groups is 1. The third-order valence-corrected chi connectivity index (χ3v) is 4.83. The van der Waals surface area contributed by atoms with Gasteiger partial charge in [-0.3, -0.25) is 4.79 Å². The Morgan fingerprint density at radius 1 is 0.926 bits per heavy atom. The molecule has 0 spiro atoms. The Balaban J connectivity index is 1.54. The van der Waals surface area contributed by atoms with E-state index in [4.69, 9.17) is 9.47 Å². The van der Waals surface area contributed by atoms with Crippen LogP contribution in [0, 0.1) is 0 Å². The Kier molecular flexibility index (Phi) is 4.79. The number of benzene rings is 3. The Morgan fingerprint density at radius 3 is 2.19 bits per heavy atom. The van der Waals surface area contributed by atoms with Crippen LogP contribution in [0.15, 0.2) is 72.8 Å². The van der Waals surface area contributed by atoms with E-state index in [-0.39, 0.29) is 11.8 Å². The average molecular weight is 359 g/mol. The Labute approximate surface area is 158 Å². The molecule has 0 unspecified atom stereocenters. The number of fused-ring (bicyclic) bond motifs is 2. The summed E-state index contributed by atoms with van der Waals surface area (Å²) in [4.78, 5) is 13.1. The molecule has 3 aromatic carbocycles. The van der Waals surface area contributed by atoms with Crippen molar-refractivity contribution in [3.8, 4) is 17.2 Å². The number of hydrogen-bond donors (Lipinski definition) is 1.